The average molecular weight is 355 g/mol. The molecular weight excluding hydrogens is 332 g/mol. The van der Waals surface area contributed by atoms with Gasteiger partial charge in [-0.15, -0.1) is 0 Å². The fourth-order valence-electron chi connectivity index (χ4n) is 2.50. The summed E-state index contributed by atoms with van der Waals surface area (Å²) in [6.45, 7) is 5.58. The molecule has 1 aromatic heterocycles. The van der Waals surface area contributed by atoms with E-state index in [9.17, 15) is 10.0 Å². The number of nitrogens with one attached hydrogen (secondary N) is 1. The number of nitrogens with two attached hydrogens (primary N) is 1. The quantitative estimate of drug-likeness (QED) is 0.381. The molecule has 1 heterocycles. The van der Waals surface area contributed by atoms with Crippen LogP contribution < -0.4 is 10.8 Å². The zero-order valence-electron chi connectivity index (χ0n) is 15.3. The summed E-state index contributed by atoms with van der Waals surface area (Å²) in [4.78, 5) is 21.6. The molecule has 136 valence electrons. The van der Waals surface area contributed by atoms with Gasteiger partial charge in [0, 0.05) is 28.8 Å². The molecule has 7 heteroatoms. The Morgan fingerprint density at radius 1 is 1.19 bits per heavy atom. The number of quaternary nitrogens is 1. The van der Waals surface area contributed by atoms with Crippen LogP contribution in [0.1, 0.15) is 20.8 Å². The van der Waals surface area contributed by atoms with Crippen LogP contribution in [0.3, 0.4) is 0 Å². The van der Waals surface area contributed by atoms with Gasteiger partial charge in [0.15, 0.2) is 11.5 Å². The van der Waals surface area contributed by atoms with Crippen molar-refractivity contribution in [1.29, 1.82) is 0 Å². The van der Waals surface area contributed by atoms with E-state index in [-0.39, 0.29) is 5.91 Å². The predicted octanol–water partition coefficient (Wildman–Crippen LogP) is 2.68. The van der Waals surface area contributed by atoms with E-state index in [0.29, 0.717) is 22.5 Å². The van der Waals surface area contributed by atoms with Gasteiger partial charge in [0.05, 0.1) is 12.6 Å². The van der Waals surface area contributed by atoms with Gasteiger partial charge in [-0.1, -0.05) is 20.8 Å². The highest BCUT2D eigenvalue weighted by molar-refractivity contribution is 5.94. The Hall–Kier alpha value is -2.90. The number of benzene rings is 2. The van der Waals surface area contributed by atoms with Gasteiger partial charge in [-0.05, 0) is 30.3 Å². The number of nitrogens with zero attached hydrogens (tertiary/aromatic N) is 2. The number of amides is 1. The minimum atomic E-state index is -0.464. The van der Waals surface area contributed by atoms with Crippen LogP contribution in [0, 0.1) is 5.41 Å². The molecule has 1 amide bonds. The molecule has 7 nitrogen and oxygen atoms in total. The topological polar surface area (TPSA) is 93.0 Å². The van der Waals surface area contributed by atoms with Crippen LogP contribution in [-0.4, -0.2) is 27.9 Å². The van der Waals surface area contributed by atoms with Crippen molar-refractivity contribution in [3.63, 3.8) is 0 Å². The van der Waals surface area contributed by atoms with E-state index in [1.54, 1.807) is 30.8 Å². The summed E-state index contributed by atoms with van der Waals surface area (Å²) in [5.41, 5.74) is 4.69. The first-order valence-electron chi connectivity index (χ1n) is 8.29. The number of carbonyl (C=O) groups is 1. The molecule has 0 unspecified atom stereocenters. The van der Waals surface area contributed by atoms with Crippen LogP contribution >= 0.6 is 0 Å². The first-order chi connectivity index (χ1) is 12.3. The van der Waals surface area contributed by atoms with Gasteiger partial charge in [0.2, 0.25) is 5.91 Å². The van der Waals surface area contributed by atoms with Crippen molar-refractivity contribution in [2.45, 2.75) is 20.8 Å². The molecule has 4 N–H and O–H groups in total. The van der Waals surface area contributed by atoms with Gasteiger partial charge in [-0.25, -0.2) is 9.82 Å². The number of rotatable bonds is 4. The van der Waals surface area contributed by atoms with Crippen molar-refractivity contribution in [3.05, 3.63) is 42.5 Å². The Balaban J connectivity index is 1.89. The Morgan fingerprint density at radius 3 is 2.50 bits per heavy atom. The highest BCUT2D eigenvalue weighted by Crippen LogP contribution is 2.26. The third-order valence-electron chi connectivity index (χ3n) is 3.99. The van der Waals surface area contributed by atoms with Crippen LogP contribution in [0.5, 0.6) is 0 Å². The molecule has 0 fully saturated rings. The zero-order chi connectivity index (χ0) is 18.9. The normalized spacial score (nSPS) is 11.7. The van der Waals surface area contributed by atoms with E-state index in [0.717, 1.165) is 16.0 Å². The first kappa shape index (κ1) is 17.9. The van der Waals surface area contributed by atoms with Gasteiger partial charge < -0.3 is 10.5 Å². The maximum absolute atomic E-state index is 12.1. The fraction of sp³-hybridized carbons (Fsp3) is 0.263. The van der Waals surface area contributed by atoms with Crippen molar-refractivity contribution >= 4 is 28.3 Å². The summed E-state index contributed by atoms with van der Waals surface area (Å²) in [7, 11) is 1.58. The summed E-state index contributed by atoms with van der Waals surface area (Å²) in [5.74, 6) is 0.379. The molecule has 3 rings (SSSR count). The van der Waals surface area contributed by atoms with Crippen LogP contribution in [0.25, 0.3) is 22.4 Å². The average Bonchev–Trinajstić information content (AvgIpc) is 2.92. The number of hydrogen-bond donors (Lipinski definition) is 3. The SMILES string of the molecule is CO[NH2+]c1ccc2nc(-c3ccc(NC(=O)C(C)(C)C)cc3)n(O)c2c1. The van der Waals surface area contributed by atoms with E-state index in [1.807, 2.05) is 45.0 Å². The lowest BCUT2D eigenvalue weighted by molar-refractivity contribution is -0.830. The van der Waals surface area contributed by atoms with E-state index in [4.69, 9.17) is 4.84 Å². The van der Waals surface area contributed by atoms with Crippen LogP contribution in [-0.2, 0) is 9.63 Å². The molecule has 2 aromatic carbocycles. The summed E-state index contributed by atoms with van der Waals surface area (Å²) < 4.78 is 1.06. The van der Waals surface area contributed by atoms with E-state index < -0.39 is 5.41 Å². The summed E-state index contributed by atoms with van der Waals surface area (Å²) in [5, 5.41) is 13.4. The lowest BCUT2D eigenvalue weighted by atomic mass is 9.95. The van der Waals surface area contributed by atoms with Crippen molar-refractivity contribution in [2.24, 2.45) is 5.41 Å². The highest BCUT2D eigenvalue weighted by Gasteiger charge is 2.21. The van der Waals surface area contributed by atoms with Crippen molar-refractivity contribution in [3.8, 4) is 11.4 Å². The maximum Gasteiger partial charge on any atom is 0.229 e. The second kappa shape index (κ2) is 6.78. The number of carbonyl (C=O) groups excluding carboxylic acids is 1. The molecule has 3 aromatic rings. The molecule has 0 atom stereocenters. The van der Waals surface area contributed by atoms with Gasteiger partial charge in [-0.3, -0.25) is 4.79 Å². The van der Waals surface area contributed by atoms with Crippen molar-refractivity contribution in [2.75, 3.05) is 12.4 Å². The summed E-state index contributed by atoms with van der Waals surface area (Å²) in [6, 6.07) is 12.7. The van der Waals surface area contributed by atoms with E-state index >= 15 is 0 Å². The third-order valence-corrected chi connectivity index (χ3v) is 3.99. The molecule has 0 saturated carbocycles. The fourth-order valence-corrected chi connectivity index (χ4v) is 2.50. The molecule has 0 aliphatic heterocycles. The molecule has 0 aliphatic carbocycles. The highest BCUT2D eigenvalue weighted by atomic mass is 16.6. The smallest absolute Gasteiger partial charge is 0.229 e. The Kier molecular flexibility index (Phi) is 4.67. The second-order valence-electron chi connectivity index (χ2n) is 7.13. The number of hydrogen-bond acceptors (Lipinski definition) is 4. The van der Waals surface area contributed by atoms with E-state index in [2.05, 4.69) is 10.3 Å². The minimum Gasteiger partial charge on any atom is -0.426 e. The second-order valence-corrected chi connectivity index (χ2v) is 7.13. The van der Waals surface area contributed by atoms with Crippen molar-refractivity contribution < 1.29 is 20.3 Å². The first-order valence-corrected chi connectivity index (χ1v) is 8.29. The standard InChI is InChI=1S/C19H22N4O3/c1-19(2,3)18(24)20-13-7-5-12(6-8-13)17-21-15-10-9-14(22-26-4)11-16(15)23(17)25/h5-11,22,25H,1-4H3,(H,20,24)/p+1. The largest absolute Gasteiger partial charge is 0.426 e. The third kappa shape index (κ3) is 3.54. The molecular formula is C19H23N4O3+. The molecule has 26 heavy (non-hydrogen) atoms. The minimum absolute atomic E-state index is 0.0541. The lowest BCUT2D eigenvalue weighted by Crippen LogP contribution is -2.75. The van der Waals surface area contributed by atoms with Gasteiger partial charge in [0.1, 0.15) is 5.52 Å². The Labute approximate surface area is 151 Å². The maximum atomic E-state index is 12.1. The summed E-state index contributed by atoms with van der Waals surface area (Å²) >= 11 is 0. The Bertz CT molecular complexity index is 940. The number of anilines is 1. The summed E-state index contributed by atoms with van der Waals surface area (Å²) in [6.07, 6.45) is 0. The van der Waals surface area contributed by atoms with Crippen LogP contribution in [0.15, 0.2) is 42.5 Å². The predicted molar refractivity (Wildman–Crippen MR) is 99.0 cm³/mol. The van der Waals surface area contributed by atoms with Gasteiger partial charge >= 0.3 is 0 Å². The number of aromatic nitrogens is 2. The molecule has 0 spiro atoms. The monoisotopic (exact) mass is 355 g/mol. The Morgan fingerprint density at radius 2 is 1.88 bits per heavy atom. The van der Waals surface area contributed by atoms with Gasteiger partial charge in [-0.2, -0.15) is 10.2 Å². The molecule has 0 radical (unpaired) electrons. The van der Waals surface area contributed by atoms with Crippen molar-refractivity contribution in [1.82, 2.24) is 9.71 Å². The van der Waals surface area contributed by atoms with Crippen LogP contribution in [0.4, 0.5) is 11.4 Å². The lowest BCUT2D eigenvalue weighted by Gasteiger charge is -2.17. The number of fused-ring (bicyclic) bond motifs is 1. The zero-order valence-corrected chi connectivity index (χ0v) is 15.3. The number of imidazole rings is 1. The van der Waals surface area contributed by atoms with E-state index in [1.165, 1.54) is 0 Å². The molecule has 0 bridgehead atoms. The molecule has 0 saturated heterocycles. The molecule has 0 aliphatic rings. The van der Waals surface area contributed by atoms with Crippen LogP contribution in [0.2, 0.25) is 0 Å². The van der Waals surface area contributed by atoms with Gasteiger partial charge in [0.25, 0.3) is 0 Å².